The minimum absolute atomic E-state index is 0.0721. The first-order valence-electron chi connectivity index (χ1n) is 9.02. The smallest absolute Gasteiger partial charge is 0.275 e. The lowest BCUT2D eigenvalue weighted by Crippen LogP contribution is -2.08. The first kappa shape index (κ1) is 18.6. The molecule has 0 fully saturated rings. The molecular weight excluding hydrogens is 344 g/mol. The third-order valence-corrected chi connectivity index (χ3v) is 3.91. The number of para-hydroxylation sites is 1. The maximum absolute atomic E-state index is 10.7. The molecule has 9 nitrogen and oxygen atoms in total. The Hall–Kier alpha value is -3.23. The highest BCUT2D eigenvalue weighted by Gasteiger charge is 2.18. The van der Waals surface area contributed by atoms with Gasteiger partial charge >= 0.3 is 0 Å². The number of anilines is 2. The van der Waals surface area contributed by atoms with Crippen molar-refractivity contribution >= 4 is 34.4 Å². The van der Waals surface area contributed by atoms with Crippen molar-refractivity contribution in [3.8, 4) is 5.88 Å². The lowest BCUT2D eigenvalue weighted by Gasteiger charge is -2.10. The van der Waals surface area contributed by atoms with Crippen molar-refractivity contribution in [3.05, 3.63) is 24.3 Å². The van der Waals surface area contributed by atoms with Crippen molar-refractivity contribution in [2.75, 3.05) is 23.7 Å². The van der Waals surface area contributed by atoms with Crippen LogP contribution in [0.4, 0.5) is 23.5 Å². The molecule has 0 atom stereocenters. The van der Waals surface area contributed by atoms with E-state index < -0.39 is 0 Å². The summed E-state index contributed by atoms with van der Waals surface area (Å²) >= 11 is 0. The van der Waals surface area contributed by atoms with Crippen LogP contribution in [0.3, 0.4) is 0 Å². The van der Waals surface area contributed by atoms with Crippen molar-refractivity contribution in [3.63, 3.8) is 0 Å². The Labute approximate surface area is 157 Å². The molecule has 27 heavy (non-hydrogen) atoms. The van der Waals surface area contributed by atoms with Gasteiger partial charge in [-0.25, -0.2) is 0 Å². The van der Waals surface area contributed by atoms with E-state index in [9.17, 15) is 5.11 Å². The second-order valence-corrected chi connectivity index (χ2v) is 6.20. The molecule has 0 aliphatic heterocycles. The zero-order valence-corrected chi connectivity index (χ0v) is 15.9. The monoisotopic (exact) mass is 368 g/mol. The molecule has 3 N–H and O–H groups in total. The van der Waals surface area contributed by atoms with Crippen LogP contribution in [0.15, 0.2) is 34.5 Å². The number of azo groups is 1. The van der Waals surface area contributed by atoms with E-state index in [1.165, 1.54) is 0 Å². The molecule has 0 unspecified atom stereocenters. The Kier molecular flexibility index (Phi) is 5.49. The number of rotatable bonds is 7. The molecule has 0 bridgehead atoms. The maximum Gasteiger partial charge on any atom is 0.275 e. The van der Waals surface area contributed by atoms with Crippen LogP contribution in [-0.2, 0) is 0 Å². The molecule has 9 heteroatoms. The summed E-state index contributed by atoms with van der Waals surface area (Å²) < 4.78 is 1.82. The van der Waals surface area contributed by atoms with E-state index in [0.29, 0.717) is 30.7 Å². The van der Waals surface area contributed by atoms with Crippen LogP contribution in [0.2, 0.25) is 0 Å². The molecule has 1 aromatic carbocycles. The predicted octanol–water partition coefficient (Wildman–Crippen LogP) is 4.39. The Balaban J connectivity index is 2.05. The van der Waals surface area contributed by atoms with Gasteiger partial charge in [0.2, 0.25) is 17.8 Å². The number of nitrogens with zero attached hydrogens (tertiary/aromatic N) is 6. The summed E-state index contributed by atoms with van der Waals surface area (Å²) in [6.07, 6.45) is 0. The molecule has 3 aromatic rings. The molecule has 0 saturated heterocycles. The average Bonchev–Trinajstić information content (AvgIpc) is 2.92. The summed E-state index contributed by atoms with van der Waals surface area (Å²) in [6, 6.07) is 7.77. The van der Waals surface area contributed by atoms with Gasteiger partial charge in [-0.15, -0.1) is 10.2 Å². The van der Waals surface area contributed by atoms with E-state index in [-0.39, 0.29) is 17.9 Å². The van der Waals surface area contributed by atoms with Crippen molar-refractivity contribution in [1.29, 1.82) is 0 Å². The van der Waals surface area contributed by atoms with Gasteiger partial charge in [-0.3, -0.25) is 0 Å². The van der Waals surface area contributed by atoms with Crippen LogP contribution >= 0.6 is 0 Å². The van der Waals surface area contributed by atoms with Gasteiger partial charge in [0.15, 0.2) is 5.69 Å². The lowest BCUT2D eigenvalue weighted by molar-refractivity contribution is 0.407. The molecule has 0 spiro atoms. The number of benzene rings is 1. The number of aromatic nitrogens is 4. The van der Waals surface area contributed by atoms with E-state index in [1.54, 1.807) is 0 Å². The molecule has 2 heterocycles. The van der Waals surface area contributed by atoms with Crippen LogP contribution in [0.25, 0.3) is 10.9 Å². The van der Waals surface area contributed by atoms with E-state index in [4.69, 9.17) is 0 Å². The fourth-order valence-corrected chi connectivity index (χ4v) is 2.83. The summed E-state index contributed by atoms with van der Waals surface area (Å²) in [6.45, 7) is 9.27. The Morgan fingerprint density at radius 2 is 1.63 bits per heavy atom. The number of hydrogen-bond acceptors (Lipinski definition) is 8. The van der Waals surface area contributed by atoms with Crippen LogP contribution in [0.1, 0.15) is 33.7 Å². The number of nitrogens with one attached hydrogen (secondary N) is 2. The largest absolute Gasteiger partial charge is 0.493 e. The van der Waals surface area contributed by atoms with Gasteiger partial charge in [0.05, 0.1) is 5.52 Å². The Bertz CT molecular complexity index is 939. The number of fused-ring (bicyclic) bond motifs is 1. The summed E-state index contributed by atoms with van der Waals surface area (Å²) in [7, 11) is 0. The van der Waals surface area contributed by atoms with Crippen molar-refractivity contribution in [2.24, 2.45) is 10.2 Å². The molecule has 0 saturated carbocycles. The average molecular weight is 368 g/mol. The highest BCUT2D eigenvalue weighted by atomic mass is 16.3. The Morgan fingerprint density at radius 3 is 2.22 bits per heavy atom. The zero-order valence-electron chi connectivity index (χ0n) is 15.9. The third-order valence-electron chi connectivity index (χ3n) is 3.91. The predicted molar refractivity (Wildman–Crippen MR) is 106 cm³/mol. The second kappa shape index (κ2) is 7.98. The van der Waals surface area contributed by atoms with Crippen LogP contribution < -0.4 is 10.6 Å². The summed E-state index contributed by atoms with van der Waals surface area (Å²) in [5.74, 6) is 1.08. The fourth-order valence-electron chi connectivity index (χ4n) is 2.83. The summed E-state index contributed by atoms with van der Waals surface area (Å²) in [5.41, 5.74) is 1.30. The first-order valence-corrected chi connectivity index (χ1v) is 9.02. The maximum atomic E-state index is 10.7. The van der Waals surface area contributed by atoms with Gasteiger partial charge in [-0.2, -0.15) is 15.0 Å². The minimum atomic E-state index is 0.0721. The first-order chi connectivity index (χ1) is 13.0. The van der Waals surface area contributed by atoms with E-state index in [0.717, 1.165) is 10.9 Å². The number of hydrogen-bond donors (Lipinski definition) is 3. The quantitative estimate of drug-likeness (QED) is 0.533. The van der Waals surface area contributed by atoms with Gasteiger partial charge in [-0.1, -0.05) is 18.2 Å². The van der Waals surface area contributed by atoms with E-state index in [1.807, 2.05) is 56.5 Å². The normalized spacial score (nSPS) is 11.6. The molecule has 0 aliphatic carbocycles. The van der Waals surface area contributed by atoms with Gasteiger partial charge in [0.25, 0.3) is 5.95 Å². The van der Waals surface area contributed by atoms with Gasteiger partial charge in [0, 0.05) is 24.5 Å². The third kappa shape index (κ3) is 3.81. The molecule has 142 valence electrons. The molecule has 2 aromatic heterocycles. The van der Waals surface area contributed by atoms with E-state index >= 15 is 0 Å². The molecular formula is C18H24N8O. The highest BCUT2D eigenvalue weighted by molar-refractivity contribution is 5.95. The van der Waals surface area contributed by atoms with Gasteiger partial charge in [-0.05, 0) is 33.8 Å². The SMILES string of the molecule is CCNc1nc(N=Nc2c(O)n(C(C)C)c3ccccc23)nc(NCC)n1. The molecule has 0 radical (unpaired) electrons. The standard InChI is InChI=1S/C18H24N8O/c1-5-19-16-21-17(20-6-2)23-18(22-16)25-24-14-12-9-7-8-10-13(12)26(11(3)4)15(14)27/h7-11,27H,5-6H2,1-4H3,(H2,19,20,21,22,23). The van der Waals surface area contributed by atoms with E-state index in [2.05, 4.69) is 35.8 Å². The second-order valence-electron chi connectivity index (χ2n) is 6.20. The lowest BCUT2D eigenvalue weighted by atomic mass is 10.2. The number of aromatic hydroxyl groups is 1. The molecule has 3 rings (SSSR count). The molecule has 0 aliphatic rings. The van der Waals surface area contributed by atoms with Crippen LogP contribution in [0.5, 0.6) is 5.88 Å². The van der Waals surface area contributed by atoms with Crippen molar-refractivity contribution < 1.29 is 5.11 Å². The van der Waals surface area contributed by atoms with Gasteiger partial charge < -0.3 is 20.3 Å². The van der Waals surface area contributed by atoms with Crippen molar-refractivity contribution in [2.45, 2.75) is 33.7 Å². The molecule has 0 amide bonds. The van der Waals surface area contributed by atoms with Crippen molar-refractivity contribution in [1.82, 2.24) is 19.5 Å². The Morgan fingerprint density at radius 1 is 1.00 bits per heavy atom. The minimum Gasteiger partial charge on any atom is -0.493 e. The zero-order chi connectivity index (χ0) is 19.4. The van der Waals surface area contributed by atoms with Crippen LogP contribution in [-0.4, -0.2) is 37.7 Å². The summed E-state index contributed by atoms with van der Waals surface area (Å²) in [4.78, 5) is 12.8. The van der Waals surface area contributed by atoms with Crippen LogP contribution in [0, 0.1) is 0 Å². The van der Waals surface area contributed by atoms with Gasteiger partial charge in [0.1, 0.15) is 0 Å². The topological polar surface area (TPSA) is 113 Å². The highest BCUT2D eigenvalue weighted by Crippen LogP contribution is 2.41. The fraction of sp³-hybridized carbons (Fsp3) is 0.389. The summed E-state index contributed by atoms with van der Waals surface area (Å²) in [5, 5.41) is 26.0.